The fraction of sp³-hybridized carbons (Fsp3) is 0.143. The van der Waals surface area contributed by atoms with Gasteiger partial charge < -0.3 is 4.74 Å². The number of allylic oxidation sites excluding steroid dienone is 3. The van der Waals surface area contributed by atoms with Crippen LogP contribution in [0.5, 0.6) is 0 Å². The van der Waals surface area contributed by atoms with Gasteiger partial charge in [-0.1, -0.05) is 30.3 Å². The van der Waals surface area contributed by atoms with E-state index in [9.17, 15) is 0 Å². The molecule has 1 heteroatoms. The van der Waals surface area contributed by atoms with E-state index in [0.29, 0.717) is 0 Å². The minimum Gasteiger partial charge on any atom is -0.464 e. The van der Waals surface area contributed by atoms with Gasteiger partial charge in [0.1, 0.15) is 5.76 Å². The Morgan fingerprint density at radius 3 is 2.87 bits per heavy atom. The molecule has 0 saturated carbocycles. The summed E-state index contributed by atoms with van der Waals surface area (Å²) in [6.45, 7) is 0. The lowest BCUT2D eigenvalue weighted by molar-refractivity contribution is 0.415. The van der Waals surface area contributed by atoms with Gasteiger partial charge in [-0.05, 0) is 35.8 Å². The maximum Gasteiger partial charge on any atom is 0.129 e. The molecule has 2 aliphatic rings. The van der Waals surface area contributed by atoms with Crippen LogP contribution in [-0.4, -0.2) is 0 Å². The molecule has 0 radical (unpaired) electrons. The summed E-state index contributed by atoms with van der Waals surface area (Å²) in [5.74, 6) is 0.998. The van der Waals surface area contributed by atoms with Gasteiger partial charge in [0.15, 0.2) is 0 Å². The van der Waals surface area contributed by atoms with Gasteiger partial charge in [-0.3, -0.25) is 0 Å². The van der Waals surface area contributed by atoms with E-state index in [1.807, 2.05) is 12.3 Å². The van der Waals surface area contributed by atoms with Gasteiger partial charge in [-0.15, -0.1) is 0 Å². The van der Waals surface area contributed by atoms with Crippen molar-refractivity contribution in [1.29, 1.82) is 0 Å². The van der Waals surface area contributed by atoms with Crippen molar-refractivity contribution in [2.45, 2.75) is 12.8 Å². The van der Waals surface area contributed by atoms with Crippen LogP contribution in [0.2, 0.25) is 0 Å². The second kappa shape index (κ2) is 3.43. The van der Waals surface area contributed by atoms with Crippen LogP contribution in [0.15, 0.2) is 47.7 Å². The molecule has 1 nitrogen and oxygen atoms in total. The Kier molecular flexibility index (Phi) is 1.95. The van der Waals surface area contributed by atoms with Gasteiger partial charge in [0.05, 0.1) is 6.26 Å². The highest BCUT2D eigenvalue weighted by molar-refractivity contribution is 5.54. The van der Waals surface area contributed by atoms with Crippen LogP contribution in [0.25, 0.3) is 12.3 Å². The molecule has 15 heavy (non-hydrogen) atoms. The molecule has 0 N–H and O–H groups in total. The van der Waals surface area contributed by atoms with E-state index >= 15 is 0 Å². The number of ether oxygens (including phenoxy) is 1. The Bertz CT molecular complexity index is 561. The monoisotopic (exact) mass is 196 g/mol. The molecule has 1 heterocycles. The third kappa shape index (κ3) is 1.50. The highest BCUT2D eigenvalue weighted by Crippen LogP contribution is 2.21. The van der Waals surface area contributed by atoms with Crippen molar-refractivity contribution in [3.8, 4) is 0 Å². The first-order valence-electron chi connectivity index (χ1n) is 5.27. The minimum absolute atomic E-state index is 0.998. The van der Waals surface area contributed by atoms with Gasteiger partial charge in [0, 0.05) is 5.22 Å². The average Bonchev–Trinajstić information content (AvgIpc) is 2.48. The van der Waals surface area contributed by atoms with E-state index in [0.717, 1.165) is 23.8 Å². The van der Waals surface area contributed by atoms with E-state index in [-0.39, 0.29) is 0 Å². The van der Waals surface area contributed by atoms with E-state index < -0.39 is 0 Å². The zero-order valence-electron chi connectivity index (χ0n) is 8.44. The molecule has 0 bridgehead atoms. The normalized spacial score (nSPS) is 17.9. The second-order valence-electron chi connectivity index (χ2n) is 3.84. The topological polar surface area (TPSA) is 9.23 Å². The molecule has 0 aromatic heterocycles. The molecule has 1 aliphatic heterocycles. The summed E-state index contributed by atoms with van der Waals surface area (Å²) in [5.41, 5.74) is 1.30. The Balaban J connectivity index is 2.25. The van der Waals surface area contributed by atoms with Crippen molar-refractivity contribution in [1.82, 2.24) is 0 Å². The summed E-state index contributed by atoms with van der Waals surface area (Å²) in [5, 5.41) is 2.40. The lowest BCUT2D eigenvalue weighted by atomic mass is 10.0. The van der Waals surface area contributed by atoms with Crippen molar-refractivity contribution in [2.24, 2.45) is 0 Å². The summed E-state index contributed by atoms with van der Waals surface area (Å²) in [7, 11) is 0. The first kappa shape index (κ1) is 8.54. The maximum absolute atomic E-state index is 5.67. The van der Waals surface area contributed by atoms with Gasteiger partial charge >= 0.3 is 0 Å². The highest BCUT2D eigenvalue weighted by atomic mass is 16.5. The van der Waals surface area contributed by atoms with Gasteiger partial charge in [-0.2, -0.15) is 0 Å². The van der Waals surface area contributed by atoms with Crippen molar-refractivity contribution in [3.05, 3.63) is 58.2 Å². The van der Waals surface area contributed by atoms with Crippen LogP contribution in [0, 0.1) is 0 Å². The molecule has 0 fully saturated rings. The largest absolute Gasteiger partial charge is 0.464 e. The van der Waals surface area contributed by atoms with Crippen LogP contribution in [-0.2, 0) is 4.74 Å². The molecule has 0 unspecified atom stereocenters. The summed E-state index contributed by atoms with van der Waals surface area (Å²) < 4.78 is 5.67. The average molecular weight is 196 g/mol. The van der Waals surface area contributed by atoms with E-state index in [2.05, 4.69) is 36.4 Å². The maximum atomic E-state index is 5.67. The summed E-state index contributed by atoms with van der Waals surface area (Å²) in [6.07, 6.45) is 10.5. The van der Waals surface area contributed by atoms with Crippen molar-refractivity contribution in [3.63, 3.8) is 0 Å². The van der Waals surface area contributed by atoms with Crippen LogP contribution >= 0.6 is 0 Å². The van der Waals surface area contributed by atoms with E-state index in [1.54, 1.807) is 0 Å². The van der Waals surface area contributed by atoms with Crippen LogP contribution < -0.4 is 10.4 Å². The molecule has 1 aromatic rings. The van der Waals surface area contributed by atoms with Crippen LogP contribution in [0.1, 0.15) is 12.8 Å². The Morgan fingerprint density at radius 1 is 1.07 bits per heavy atom. The Hall–Kier alpha value is -1.76. The lowest BCUT2D eigenvalue weighted by Gasteiger charge is -2.09. The highest BCUT2D eigenvalue weighted by Gasteiger charge is 2.08. The van der Waals surface area contributed by atoms with Crippen molar-refractivity contribution >= 4 is 12.3 Å². The molecule has 1 aliphatic carbocycles. The summed E-state index contributed by atoms with van der Waals surface area (Å²) in [6, 6.07) is 8.30. The lowest BCUT2D eigenvalue weighted by Crippen LogP contribution is -2.23. The fourth-order valence-electron chi connectivity index (χ4n) is 1.98. The Morgan fingerprint density at radius 2 is 1.93 bits per heavy atom. The quantitative estimate of drug-likeness (QED) is 0.615. The van der Waals surface area contributed by atoms with E-state index in [4.69, 9.17) is 4.74 Å². The van der Waals surface area contributed by atoms with Gasteiger partial charge in [0.25, 0.3) is 0 Å². The molecule has 74 valence electrons. The number of fused-ring (bicyclic) bond motifs is 1. The summed E-state index contributed by atoms with van der Waals surface area (Å²) in [4.78, 5) is 0. The standard InChI is InChI=1S/C14H12O/c1-2-7-13-10-15-14-8-4-3-6-12(14)9-11(13)5-1/h1-2,4-5,7-10H,3,6H2. The first-order valence-corrected chi connectivity index (χ1v) is 5.27. The second-order valence-corrected chi connectivity index (χ2v) is 3.84. The third-order valence-corrected chi connectivity index (χ3v) is 2.80. The van der Waals surface area contributed by atoms with Crippen LogP contribution in [0.4, 0.5) is 0 Å². The summed E-state index contributed by atoms with van der Waals surface area (Å²) >= 11 is 0. The third-order valence-electron chi connectivity index (χ3n) is 2.80. The van der Waals surface area contributed by atoms with E-state index in [1.165, 1.54) is 10.8 Å². The smallest absolute Gasteiger partial charge is 0.129 e. The number of benzene rings is 1. The predicted octanol–water partition coefficient (Wildman–Crippen LogP) is 1.84. The number of hydrogen-bond donors (Lipinski definition) is 0. The van der Waals surface area contributed by atoms with Crippen molar-refractivity contribution < 1.29 is 4.74 Å². The molecular weight excluding hydrogens is 184 g/mol. The first-order chi connectivity index (χ1) is 7.43. The zero-order valence-corrected chi connectivity index (χ0v) is 8.44. The minimum atomic E-state index is 0.998. The number of rotatable bonds is 0. The van der Waals surface area contributed by atoms with Crippen molar-refractivity contribution in [2.75, 3.05) is 0 Å². The molecule has 1 aromatic carbocycles. The molecule has 0 atom stereocenters. The SMILES string of the molecule is C1=CC2=C(C=c3ccccc3=CO2)CC1. The molecule has 0 saturated heterocycles. The van der Waals surface area contributed by atoms with Gasteiger partial charge in [-0.25, -0.2) is 0 Å². The number of hydrogen-bond acceptors (Lipinski definition) is 1. The Labute approximate surface area is 88.7 Å². The van der Waals surface area contributed by atoms with Crippen LogP contribution in [0.3, 0.4) is 0 Å². The molecule has 0 amide bonds. The predicted molar refractivity (Wildman–Crippen MR) is 61.1 cm³/mol. The van der Waals surface area contributed by atoms with Gasteiger partial charge in [0.2, 0.25) is 0 Å². The molecule has 0 spiro atoms. The fourth-order valence-corrected chi connectivity index (χ4v) is 1.98. The zero-order chi connectivity index (χ0) is 10.1. The molecular formula is C14H12O. The molecule has 3 rings (SSSR count).